The summed E-state index contributed by atoms with van der Waals surface area (Å²) in [5.74, 6) is 0.785. The molecule has 0 spiro atoms. The summed E-state index contributed by atoms with van der Waals surface area (Å²) in [6.45, 7) is 6.45. The number of fused-ring (bicyclic) bond motifs is 1. The molecule has 1 aliphatic heterocycles. The molecule has 2 N–H and O–H groups in total. The number of hydrogen-bond acceptors (Lipinski definition) is 4. The van der Waals surface area contributed by atoms with Crippen molar-refractivity contribution in [3.8, 4) is 5.75 Å². The Morgan fingerprint density at radius 2 is 2.09 bits per heavy atom. The van der Waals surface area contributed by atoms with Crippen molar-refractivity contribution >= 4 is 28.2 Å². The molecular formula is C26H31N3O3S. The van der Waals surface area contributed by atoms with E-state index in [2.05, 4.69) is 29.4 Å². The molecule has 1 fully saturated rings. The van der Waals surface area contributed by atoms with Gasteiger partial charge < -0.3 is 24.7 Å². The normalized spacial score (nSPS) is 16.5. The van der Waals surface area contributed by atoms with Gasteiger partial charge in [0.1, 0.15) is 5.75 Å². The van der Waals surface area contributed by atoms with Crippen LogP contribution in [0.15, 0.2) is 59.4 Å². The van der Waals surface area contributed by atoms with Gasteiger partial charge in [-0.05, 0) is 68.7 Å². The highest BCUT2D eigenvalue weighted by atomic mass is 32.1. The molecule has 6 nitrogen and oxygen atoms in total. The number of nitrogens with one attached hydrogen (secondary N) is 2. The van der Waals surface area contributed by atoms with Gasteiger partial charge in [0, 0.05) is 29.6 Å². The molecule has 0 bridgehead atoms. The lowest BCUT2D eigenvalue weighted by Gasteiger charge is -2.30. The van der Waals surface area contributed by atoms with E-state index in [0.29, 0.717) is 30.4 Å². The number of thiocarbonyl (C=S) groups is 1. The van der Waals surface area contributed by atoms with Crippen LogP contribution in [-0.2, 0) is 11.3 Å². The Hall–Kier alpha value is -2.90. The lowest BCUT2D eigenvalue weighted by atomic mass is 10.1. The Bertz CT molecular complexity index is 1140. The molecule has 0 aliphatic carbocycles. The minimum absolute atomic E-state index is 0.0503. The van der Waals surface area contributed by atoms with E-state index in [1.54, 1.807) is 0 Å². The Labute approximate surface area is 199 Å². The molecule has 33 heavy (non-hydrogen) atoms. The molecule has 3 aromatic rings. The summed E-state index contributed by atoms with van der Waals surface area (Å²) in [5.41, 5.74) is 2.49. The van der Waals surface area contributed by atoms with Crippen molar-refractivity contribution in [2.24, 2.45) is 0 Å². The monoisotopic (exact) mass is 465 g/mol. The first-order chi connectivity index (χ1) is 16.0. The number of aromatic amines is 1. The third kappa shape index (κ3) is 5.92. The number of benzene rings is 2. The molecule has 1 saturated heterocycles. The predicted octanol–water partition coefficient (Wildman–Crippen LogP) is 4.54. The van der Waals surface area contributed by atoms with E-state index in [9.17, 15) is 4.79 Å². The van der Waals surface area contributed by atoms with Gasteiger partial charge in [0.25, 0.3) is 5.56 Å². The highest BCUT2D eigenvalue weighted by molar-refractivity contribution is 7.80. The standard InChI is InChI=1S/C26H31N3O3S/c1-3-31-22-11-12-24-20(15-22)14-21(25(30)28-24)16-29(17-23-10-7-13-32-23)26(33)27-18(2)19-8-5-4-6-9-19/h4-6,8-9,11-12,14-15,18,23H,3,7,10,13,16-17H2,1-2H3,(H,27,33)(H,28,30)/t18-,23-/m0/s1. The lowest BCUT2D eigenvalue weighted by molar-refractivity contribution is 0.0895. The lowest BCUT2D eigenvalue weighted by Crippen LogP contribution is -2.44. The van der Waals surface area contributed by atoms with E-state index in [0.717, 1.165) is 41.7 Å². The van der Waals surface area contributed by atoms with E-state index in [-0.39, 0.29) is 17.7 Å². The van der Waals surface area contributed by atoms with Crippen LogP contribution >= 0.6 is 12.2 Å². The van der Waals surface area contributed by atoms with Crippen LogP contribution in [0, 0.1) is 0 Å². The van der Waals surface area contributed by atoms with Crippen molar-refractivity contribution in [3.63, 3.8) is 0 Å². The van der Waals surface area contributed by atoms with Gasteiger partial charge in [-0.25, -0.2) is 0 Å². The second-order valence-corrected chi connectivity index (χ2v) is 8.79. The maximum atomic E-state index is 12.9. The summed E-state index contributed by atoms with van der Waals surface area (Å²) < 4.78 is 11.5. The number of rotatable bonds is 8. The maximum Gasteiger partial charge on any atom is 0.253 e. The molecule has 4 rings (SSSR count). The summed E-state index contributed by atoms with van der Waals surface area (Å²) in [6.07, 6.45) is 2.16. The van der Waals surface area contributed by atoms with E-state index in [4.69, 9.17) is 21.7 Å². The number of nitrogens with zero attached hydrogens (tertiary/aromatic N) is 1. The molecule has 0 saturated carbocycles. The summed E-state index contributed by atoms with van der Waals surface area (Å²) in [4.78, 5) is 17.9. The van der Waals surface area contributed by atoms with Crippen LogP contribution in [0.1, 0.15) is 43.9 Å². The number of pyridine rings is 1. The van der Waals surface area contributed by atoms with Gasteiger partial charge in [-0.15, -0.1) is 0 Å². The fraction of sp³-hybridized carbons (Fsp3) is 0.385. The average Bonchev–Trinajstić information content (AvgIpc) is 3.33. The van der Waals surface area contributed by atoms with Gasteiger partial charge in [-0.2, -0.15) is 0 Å². The van der Waals surface area contributed by atoms with Crippen molar-refractivity contribution in [2.45, 2.75) is 45.4 Å². The number of H-pyrrole nitrogens is 1. The van der Waals surface area contributed by atoms with Crippen molar-refractivity contribution < 1.29 is 9.47 Å². The zero-order valence-electron chi connectivity index (χ0n) is 19.2. The zero-order valence-corrected chi connectivity index (χ0v) is 20.0. The van der Waals surface area contributed by atoms with Crippen LogP contribution in [0.4, 0.5) is 0 Å². The Morgan fingerprint density at radius 1 is 1.27 bits per heavy atom. The molecule has 1 aliphatic rings. The third-order valence-corrected chi connectivity index (χ3v) is 6.32. The molecule has 2 aromatic carbocycles. The van der Waals surface area contributed by atoms with E-state index < -0.39 is 0 Å². The number of ether oxygens (including phenoxy) is 2. The van der Waals surface area contributed by atoms with Gasteiger partial charge in [0.2, 0.25) is 0 Å². The van der Waals surface area contributed by atoms with Crippen LogP contribution in [-0.4, -0.2) is 40.9 Å². The topological polar surface area (TPSA) is 66.6 Å². The van der Waals surface area contributed by atoms with Crippen LogP contribution in [0.3, 0.4) is 0 Å². The molecule has 174 valence electrons. The minimum atomic E-state index is -0.108. The molecule has 2 atom stereocenters. The summed E-state index contributed by atoms with van der Waals surface area (Å²) in [7, 11) is 0. The molecule has 2 heterocycles. The van der Waals surface area contributed by atoms with Crippen LogP contribution in [0.5, 0.6) is 5.75 Å². The average molecular weight is 466 g/mol. The van der Waals surface area contributed by atoms with Crippen molar-refractivity contribution in [3.05, 3.63) is 76.1 Å². The predicted molar refractivity (Wildman–Crippen MR) is 136 cm³/mol. The quantitative estimate of drug-likeness (QED) is 0.476. The van der Waals surface area contributed by atoms with E-state index >= 15 is 0 Å². The summed E-state index contributed by atoms with van der Waals surface area (Å²) in [5, 5.41) is 4.99. The van der Waals surface area contributed by atoms with E-state index in [1.807, 2.05) is 54.3 Å². The summed E-state index contributed by atoms with van der Waals surface area (Å²) in [6, 6.07) is 17.9. The van der Waals surface area contributed by atoms with Crippen LogP contribution in [0.25, 0.3) is 10.9 Å². The Morgan fingerprint density at radius 3 is 2.82 bits per heavy atom. The largest absolute Gasteiger partial charge is 0.494 e. The second-order valence-electron chi connectivity index (χ2n) is 8.40. The van der Waals surface area contributed by atoms with Gasteiger partial charge in [-0.3, -0.25) is 4.79 Å². The highest BCUT2D eigenvalue weighted by Gasteiger charge is 2.23. The van der Waals surface area contributed by atoms with Gasteiger partial charge in [0.15, 0.2) is 5.11 Å². The molecule has 0 radical (unpaired) electrons. The minimum Gasteiger partial charge on any atom is -0.494 e. The van der Waals surface area contributed by atoms with Crippen LogP contribution < -0.4 is 15.6 Å². The number of hydrogen-bond donors (Lipinski definition) is 2. The smallest absolute Gasteiger partial charge is 0.253 e. The zero-order chi connectivity index (χ0) is 23.2. The van der Waals surface area contributed by atoms with E-state index in [1.165, 1.54) is 0 Å². The first-order valence-corrected chi connectivity index (χ1v) is 11.9. The molecular weight excluding hydrogens is 434 g/mol. The molecule has 7 heteroatoms. The third-order valence-electron chi connectivity index (χ3n) is 5.94. The highest BCUT2D eigenvalue weighted by Crippen LogP contribution is 2.21. The van der Waals surface area contributed by atoms with Gasteiger partial charge in [-0.1, -0.05) is 30.3 Å². The SMILES string of the molecule is CCOc1ccc2[nH]c(=O)c(CN(C[C@@H]3CCCO3)C(=S)N[C@@H](C)c3ccccc3)cc2c1. The van der Waals surface area contributed by atoms with Crippen molar-refractivity contribution in [2.75, 3.05) is 19.8 Å². The van der Waals surface area contributed by atoms with Crippen molar-refractivity contribution in [1.29, 1.82) is 0 Å². The van der Waals surface area contributed by atoms with Crippen molar-refractivity contribution in [1.82, 2.24) is 15.2 Å². The Balaban J connectivity index is 1.57. The van der Waals surface area contributed by atoms with Gasteiger partial charge >= 0.3 is 0 Å². The fourth-order valence-electron chi connectivity index (χ4n) is 4.16. The first-order valence-electron chi connectivity index (χ1n) is 11.5. The maximum absolute atomic E-state index is 12.9. The number of aromatic nitrogens is 1. The molecule has 0 amide bonds. The molecule has 0 unspecified atom stereocenters. The fourth-order valence-corrected chi connectivity index (χ4v) is 4.48. The first kappa shape index (κ1) is 23.3. The second kappa shape index (κ2) is 10.8. The van der Waals surface area contributed by atoms with Crippen LogP contribution in [0.2, 0.25) is 0 Å². The Kier molecular flexibility index (Phi) is 7.62. The molecule has 1 aromatic heterocycles. The van der Waals surface area contributed by atoms with Gasteiger partial charge in [0.05, 0.1) is 25.3 Å². The summed E-state index contributed by atoms with van der Waals surface area (Å²) >= 11 is 5.81.